The lowest BCUT2D eigenvalue weighted by molar-refractivity contribution is 0.179. The van der Waals surface area contributed by atoms with E-state index in [1.165, 1.54) is 0 Å². The molecule has 0 aliphatic carbocycles. The minimum Gasteiger partial charge on any atom is -0.385 e. The van der Waals surface area contributed by atoms with E-state index in [0.717, 1.165) is 16.5 Å². The van der Waals surface area contributed by atoms with Crippen molar-refractivity contribution in [3.05, 3.63) is 46.6 Å². The monoisotopic (exact) mass is 380 g/mol. The predicted molar refractivity (Wildman–Crippen MR) is 93.6 cm³/mol. The zero-order chi connectivity index (χ0) is 16.7. The number of carbonyl (C=O) groups is 1. The van der Waals surface area contributed by atoms with E-state index in [1.807, 2.05) is 24.3 Å². The van der Waals surface area contributed by atoms with Crippen molar-refractivity contribution in [2.24, 2.45) is 0 Å². The number of hydrogen-bond donors (Lipinski definition) is 1. The highest BCUT2D eigenvalue weighted by Gasteiger charge is 2.12. The first-order chi connectivity index (χ1) is 11.1. The molecule has 1 N–H and O–H groups in total. The molecule has 0 spiro atoms. The maximum Gasteiger partial charge on any atom is 0.322 e. The molecule has 0 fully saturated rings. The second-order valence-electron chi connectivity index (χ2n) is 5.16. The fourth-order valence-corrected chi connectivity index (χ4v) is 2.52. The molecule has 6 nitrogen and oxygen atoms in total. The Balaban J connectivity index is 1.98. The predicted octanol–water partition coefficient (Wildman–Crippen LogP) is 3.19. The van der Waals surface area contributed by atoms with Gasteiger partial charge in [0.15, 0.2) is 0 Å². The summed E-state index contributed by atoms with van der Waals surface area (Å²) in [6.07, 6.45) is 2.48. The van der Waals surface area contributed by atoms with Crippen LogP contribution in [0.25, 0.3) is 0 Å². The molecule has 0 unspecified atom stereocenters. The molecule has 124 valence electrons. The molecule has 2 aromatic rings. The van der Waals surface area contributed by atoms with Crippen LogP contribution in [0.2, 0.25) is 0 Å². The summed E-state index contributed by atoms with van der Waals surface area (Å²) in [5, 5.41) is 7.17. The molecule has 0 bridgehead atoms. The summed E-state index contributed by atoms with van der Waals surface area (Å²) in [5.74, 6) is 0.671. The number of halogens is 1. The molecule has 1 heterocycles. The molecular weight excluding hydrogens is 360 g/mol. The summed E-state index contributed by atoms with van der Waals surface area (Å²) in [7, 11) is 3.42. The van der Waals surface area contributed by atoms with Crippen molar-refractivity contribution < 1.29 is 9.53 Å². The van der Waals surface area contributed by atoms with Crippen LogP contribution in [0.1, 0.15) is 12.0 Å². The lowest BCUT2D eigenvalue weighted by Gasteiger charge is -2.18. The molecule has 0 aliphatic heterocycles. The number of amides is 2. The Morgan fingerprint density at radius 1 is 1.39 bits per heavy atom. The van der Waals surface area contributed by atoms with Gasteiger partial charge in [0.2, 0.25) is 0 Å². The molecule has 23 heavy (non-hydrogen) atoms. The Kier molecular flexibility index (Phi) is 6.61. The van der Waals surface area contributed by atoms with Crippen LogP contribution in [-0.2, 0) is 11.3 Å². The van der Waals surface area contributed by atoms with E-state index in [-0.39, 0.29) is 6.03 Å². The van der Waals surface area contributed by atoms with Crippen LogP contribution in [0.5, 0.6) is 0 Å². The molecule has 2 amide bonds. The smallest absolute Gasteiger partial charge is 0.322 e. The summed E-state index contributed by atoms with van der Waals surface area (Å²) in [6.45, 7) is 1.85. The average Bonchev–Trinajstić information content (AvgIpc) is 2.96. The van der Waals surface area contributed by atoms with Gasteiger partial charge in [0.1, 0.15) is 5.82 Å². The molecule has 0 atom stereocenters. The zero-order valence-corrected chi connectivity index (χ0v) is 14.9. The van der Waals surface area contributed by atoms with E-state index >= 15 is 0 Å². The highest BCUT2D eigenvalue weighted by molar-refractivity contribution is 9.10. The summed E-state index contributed by atoms with van der Waals surface area (Å²) in [6, 6.07) is 9.59. The Morgan fingerprint density at radius 3 is 2.91 bits per heavy atom. The van der Waals surface area contributed by atoms with Gasteiger partial charge < -0.3 is 9.64 Å². The third-order valence-corrected chi connectivity index (χ3v) is 4.19. The minimum absolute atomic E-state index is 0.157. The largest absolute Gasteiger partial charge is 0.385 e. The second-order valence-corrected chi connectivity index (χ2v) is 6.02. The van der Waals surface area contributed by atoms with Crippen LogP contribution in [0, 0.1) is 0 Å². The van der Waals surface area contributed by atoms with E-state index in [9.17, 15) is 4.79 Å². The SMILES string of the molecule is COCCCN(C)C(=O)Nc1ccnn1Cc1ccccc1Br. The molecule has 0 saturated heterocycles. The number of carbonyl (C=O) groups excluding carboxylic acids is 1. The standard InChI is InChI=1S/C16H21BrN4O2/c1-20(10-5-11-23-2)16(22)19-15-8-9-18-21(15)12-13-6-3-4-7-14(13)17/h3-4,6-9H,5,10-12H2,1-2H3,(H,19,22). The number of urea groups is 1. The first-order valence-electron chi connectivity index (χ1n) is 7.38. The Bertz CT molecular complexity index is 645. The first kappa shape index (κ1) is 17.5. The van der Waals surface area contributed by atoms with Crippen LogP contribution in [0.3, 0.4) is 0 Å². The number of nitrogens with zero attached hydrogens (tertiary/aromatic N) is 3. The fourth-order valence-electron chi connectivity index (χ4n) is 2.11. The van der Waals surface area contributed by atoms with Crippen molar-refractivity contribution in [2.75, 3.05) is 32.6 Å². The first-order valence-corrected chi connectivity index (χ1v) is 8.17. The number of ether oxygens (including phenoxy) is 1. The van der Waals surface area contributed by atoms with Crippen molar-refractivity contribution in [1.29, 1.82) is 0 Å². The van der Waals surface area contributed by atoms with Crippen molar-refractivity contribution in [3.63, 3.8) is 0 Å². The van der Waals surface area contributed by atoms with E-state index in [2.05, 4.69) is 26.3 Å². The van der Waals surface area contributed by atoms with Crippen molar-refractivity contribution in [2.45, 2.75) is 13.0 Å². The second kappa shape index (κ2) is 8.69. The molecule has 0 aliphatic rings. The van der Waals surface area contributed by atoms with Gasteiger partial charge in [-0.05, 0) is 18.1 Å². The number of nitrogens with one attached hydrogen (secondary N) is 1. The Hall–Kier alpha value is -1.86. The normalized spacial score (nSPS) is 10.6. The summed E-state index contributed by atoms with van der Waals surface area (Å²) in [4.78, 5) is 13.8. The van der Waals surface area contributed by atoms with Gasteiger partial charge in [0.05, 0.1) is 12.7 Å². The van der Waals surface area contributed by atoms with Gasteiger partial charge in [-0.15, -0.1) is 0 Å². The van der Waals surface area contributed by atoms with Gasteiger partial charge in [-0.1, -0.05) is 34.1 Å². The van der Waals surface area contributed by atoms with E-state index in [0.29, 0.717) is 25.5 Å². The van der Waals surface area contributed by atoms with Crippen LogP contribution in [0.15, 0.2) is 41.0 Å². The fraction of sp³-hybridized carbons (Fsp3) is 0.375. The summed E-state index contributed by atoms with van der Waals surface area (Å²) in [5.41, 5.74) is 1.10. The van der Waals surface area contributed by atoms with Crippen molar-refractivity contribution >= 4 is 27.8 Å². The third-order valence-electron chi connectivity index (χ3n) is 3.42. The van der Waals surface area contributed by atoms with Crippen LogP contribution in [0.4, 0.5) is 10.6 Å². The maximum absolute atomic E-state index is 12.2. The van der Waals surface area contributed by atoms with E-state index in [1.54, 1.807) is 36.0 Å². The van der Waals surface area contributed by atoms with Crippen molar-refractivity contribution in [1.82, 2.24) is 14.7 Å². The molecule has 1 aromatic heterocycles. The van der Waals surface area contributed by atoms with Gasteiger partial charge in [0.25, 0.3) is 0 Å². The number of benzene rings is 1. The van der Waals surface area contributed by atoms with E-state index < -0.39 is 0 Å². The molecule has 0 radical (unpaired) electrons. The lowest BCUT2D eigenvalue weighted by atomic mass is 10.2. The van der Waals surface area contributed by atoms with Gasteiger partial charge >= 0.3 is 6.03 Å². The van der Waals surface area contributed by atoms with Gasteiger partial charge in [0, 0.05) is 37.8 Å². The third kappa shape index (κ3) is 5.07. The topological polar surface area (TPSA) is 59.4 Å². The molecule has 7 heteroatoms. The molecule has 1 aromatic carbocycles. The zero-order valence-electron chi connectivity index (χ0n) is 13.3. The Labute approximate surface area is 144 Å². The van der Waals surface area contributed by atoms with Gasteiger partial charge in [-0.25, -0.2) is 9.48 Å². The van der Waals surface area contributed by atoms with Crippen LogP contribution < -0.4 is 5.32 Å². The van der Waals surface area contributed by atoms with Gasteiger partial charge in [-0.2, -0.15) is 5.10 Å². The molecule has 0 saturated carbocycles. The maximum atomic E-state index is 12.2. The number of aromatic nitrogens is 2. The van der Waals surface area contributed by atoms with Crippen molar-refractivity contribution in [3.8, 4) is 0 Å². The average molecular weight is 381 g/mol. The summed E-state index contributed by atoms with van der Waals surface area (Å²) < 4.78 is 7.78. The van der Waals surface area contributed by atoms with Crippen LogP contribution in [-0.4, -0.2) is 48.0 Å². The lowest BCUT2D eigenvalue weighted by Crippen LogP contribution is -2.33. The van der Waals surface area contributed by atoms with Crippen LogP contribution >= 0.6 is 15.9 Å². The quantitative estimate of drug-likeness (QED) is 0.750. The Morgan fingerprint density at radius 2 is 2.17 bits per heavy atom. The highest BCUT2D eigenvalue weighted by Crippen LogP contribution is 2.18. The summed E-state index contributed by atoms with van der Waals surface area (Å²) >= 11 is 3.53. The van der Waals surface area contributed by atoms with E-state index in [4.69, 9.17) is 4.74 Å². The molecular formula is C16H21BrN4O2. The number of methoxy groups -OCH3 is 1. The molecule has 2 rings (SSSR count). The minimum atomic E-state index is -0.157. The highest BCUT2D eigenvalue weighted by atomic mass is 79.9. The van der Waals surface area contributed by atoms with Gasteiger partial charge in [-0.3, -0.25) is 5.32 Å². The number of rotatable bonds is 7. The number of anilines is 1. The number of hydrogen-bond acceptors (Lipinski definition) is 3.